The zero-order valence-corrected chi connectivity index (χ0v) is 11.2. The predicted octanol–water partition coefficient (Wildman–Crippen LogP) is 1.56. The molecule has 0 amide bonds. The lowest BCUT2D eigenvalue weighted by Crippen LogP contribution is -2.44. The zero-order chi connectivity index (χ0) is 13.7. The summed E-state index contributed by atoms with van der Waals surface area (Å²) >= 11 is 0. The standard InChI is InChI=1S/C14H20F2N2O/c1-19-10-12-3-2-11(13(15)14(12)16)4-7-18-8-5-17-6-9-18/h2-3,17H,4-10H2,1H3. The summed E-state index contributed by atoms with van der Waals surface area (Å²) < 4.78 is 32.5. The first kappa shape index (κ1) is 14.4. The van der Waals surface area contributed by atoms with Gasteiger partial charge in [0.15, 0.2) is 11.6 Å². The summed E-state index contributed by atoms with van der Waals surface area (Å²) in [6.07, 6.45) is 0.538. The van der Waals surface area contributed by atoms with E-state index in [1.807, 2.05) is 0 Å². The molecule has 1 saturated heterocycles. The minimum Gasteiger partial charge on any atom is -0.380 e. The van der Waals surface area contributed by atoms with Gasteiger partial charge in [-0.2, -0.15) is 0 Å². The molecule has 0 spiro atoms. The minimum absolute atomic E-state index is 0.0980. The molecule has 0 aromatic heterocycles. The lowest BCUT2D eigenvalue weighted by atomic mass is 10.1. The monoisotopic (exact) mass is 270 g/mol. The van der Waals surface area contributed by atoms with Crippen LogP contribution in [0.1, 0.15) is 11.1 Å². The number of piperazine rings is 1. The van der Waals surface area contributed by atoms with Gasteiger partial charge in [0.1, 0.15) is 0 Å². The molecule has 0 radical (unpaired) electrons. The molecular formula is C14H20F2N2O. The maximum Gasteiger partial charge on any atom is 0.164 e. The number of nitrogens with one attached hydrogen (secondary N) is 1. The molecule has 0 bridgehead atoms. The highest BCUT2D eigenvalue weighted by atomic mass is 19.2. The van der Waals surface area contributed by atoms with Crippen LogP contribution in [0.2, 0.25) is 0 Å². The molecule has 0 saturated carbocycles. The van der Waals surface area contributed by atoms with Crippen molar-refractivity contribution in [3.8, 4) is 0 Å². The molecule has 5 heteroatoms. The van der Waals surface area contributed by atoms with Gasteiger partial charge in [-0.05, 0) is 12.0 Å². The first-order chi connectivity index (χ1) is 9.22. The second-order valence-corrected chi connectivity index (χ2v) is 4.79. The molecule has 0 unspecified atom stereocenters. The molecule has 1 heterocycles. The number of benzene rings is 1. The van der Waals surface area contributed by atoms with E-state index in [-0.39, 0.29) is 12.2 Å². The van der Waals surface area contributed by atoms with E-state index < -0.39 is 11.6 Å². The average molecular weight is 270 g/mol. The van der Waals surface area contributed by atoms with E-state index in [9.17, 15) is 8.78 Å². The molecule has 19 heavy (non-hydrogen) atoms. The minimum atomic E-state index is -0.778. The van der Waals surface area contributed by atoms with Crippen LogP contribution in [0.3, 0.4) is 0 Å². The van der Waals surface area contributed by atoms with Gasteiger partial charge in [-0.1, -0.05) is 12.1 Å². The highest BCUT2D eigenvalue weighted by Gasteiger charge is 2.15. The second-order valence-electron chi connectivity index (χ2n) is 4.79. The number of rotatable bonds is 5. The van der Waals surface area contributed by atoms with E-state index in [0.29, 0.717) is 12.0 Å². The third-order valence-electron chi connectivity index (χ3n) is 3.45. The topological polar surface area (TPSA) is 24.5 Å². The van der Waals surface area contributed by atoms with Gasteiger partial charge in [0.25, 0.3) is 0 Å². The Morgan fingerprint density at radius 3 is 2.47 bits per heavy atom. The number of nitrogens with zero attached hydrogens (tertiary/aromatic N) is 1. The van der Waals surface area contributed by atoms with E-state index in [2.05, 4.69) is 10.2 Å². The molecule has 1 aliphatic rings. The molecule has 1 N–H and O–H groups in total. The SMILES string of the molecule is COCc1ccc(CCN2CCNCC2)c(F)c1F. The van der Waals surface area contributed by atoms with E-state index >= 15 is 0 Å². The molecule has 1 aromatic rings. The Labute approximate surface area is 112 Å². The highest BCUT2D eigenvalue weighted by Crippen LogP contribution is 2.18. The van der Waals surface area contributed by atoms with E-state index in [4.69, 9.17) is 4.74 Å². The molecule has 2 rings (SSSR count). The number of halogens is 2. The Morgan fingerprint density at radius 1 is 1.16 bits per heavy atom. The van der Waals surface area contributed by atoms with Crippen molar-refractivity contribution in [2.45, 2.75) is 13.0 Å². The molecule has 0 atom stereocenters. The lowest BCUT2D eigenvalue weighted by molar-refractivity contribution is 0.180. The molecule has 3 nitrogen and oxygen atoms in total. The maximum absolute atomic E-state index is 13.9. The quantitative estimate of drug-likeness (QED) is 0.879. The van der Waals surface area contributed by atoms with Gasteiger partial charge in [-0.25, -0.2) is 8.78 Å². The van der Waals surface area contributed by atoms with Crippen molar-refractivity contribution in [1.82, 2.24) is 10.2 Å². The summed E-state index contributed by atoms with van der Waals surface area (Å²) in [4.78, 5) is 2.26. The fourth-order valence-electron chi connectivity index (χ4n) is 2.30. The largest absolute Gasteiger partial charge is 0.380 e. The fraction of sp³-hybridized carbons (Fsp3) is 0.571. The zero-order valence-electron chi connectivity index (χ0n) is 11.2. The van der Waals surface area contributed by atoms with Gasteiger partial charge in [-0.3, -0.25) is 0 Å². The van der Waals surface area contributed by atoms with Gasteiger partial charge in [0, 0.05) is 45.4 Å². The van der Waals surface area contributed by atoms with E-state index in [1.165, 1.54) is 7.11 Å². The number of hydrogen-bond acceptors (Lipinski definition) is 3. The maximum atomic E-state index is 13.9. The number of hydrogen-bond donors (Lipinski definition) is 1. The Balaban J connectivity index is 1.98. The van der Waals surface area contributed by atoms with Crippen LogP contribution in [-0.2, 0) is 17.8 Å². The van der Waals surface area contributed by atoms with Crippen LogP contribution in [0, 0.1) is 11.6 Å². The lowest BCUT2D eigenvalue weighted by Gasteiger charge is -2.27. The molecule has 1 fully saturated rings. The molecule has 1 aliphatic heterocycles. The van der Waals surface area contributed by atoms with Crippen molar-refractivity contribution in [2.75, 3.05) is 39.8 Å². The summed E-state index contributed by atoms with van der Waals surface area (Å²) in [7, 11) is 1.47. The van der Waals surface area contributed by atoms with Crippen molar-refractivity contribution >= 4 is 0 Å². The van der Waals surface area contributed by atoms with Gasteiger partial charge in [0.2, 0.25) is 0 Å². The van der Waals surface area contributed by atoms with Crippen LogP contribution < -0.4 is 5.32 Å². The van der Waals surface area contributed by atoms with Gasteiger partial charge in [-0.15, -0.1) is 0 Å². The van der Waals surface area contributed by atoms with Crippen molar-refractivity contribution < 1.29 is 13.5 Å². The fourth-order valence-corrected chi connectivity index (χ4v) is 2.30. The van der Waals surface area contributed by atoms with Crippen molar-refractivity contribution in [2.24, 2.45) is 0 Å². The van der Waals surface area contributed by atoms with E-state index in [1.54, 1.807) is 12.1 Å². The normalized spacial score (nSPS) is 16.8. The highest BCUT2D eigenvalue weighted by molar-refractivity contribution is 5.26. The van der Waals surface area contributed by atoms with Crippen LogP contribution in [0.5, 0.6) is 0 Å². The van der Waals surface area contributed by atoms with Crippen LogP contribution in [0.4, 0.5) is 8.78 Å². The second kappa shape index (κ2) is 6.93. The third kappa shape index (κ3) is 3.72. The molecule has 0 aliphatic carbocycles. The summed E-state index contributed by atoms with van der Waals surface area (Å²) in [5.41, 5.74) is 0.710. The number of ether oxygens (including phenoxy) is 1. The third-order valence-corrected chi connectivity index (χ3v) is 3.45. The predicted molar refractivity (Wildman–Crippen MR) is 70.1 cm³/mol. The van der Waals surface area contributed by atoms with E-state index in [0.717, 1.165) is 32.7 Å². The summed E-state index contributed by atoms with van der Waals surface area (Å²) in [5, 5.41) is 3.27. The Morgan fingerprint density at radius 2 is 1.79 bits per heavy atom. The smallest absolute Gasteiger partial charge is 0.164 e. The first-order valence-corrected chi connectivity index (χ1v) is 6.60. The number of methoxy groups -OCH3 is 1. The van der Waals surface area contributed by atoms with Crippen molar-refractivity contribution in [1.29, 1.82) is 0 Å². The Hall–Kier alpha value is -1.04. The molecule has 106 valence electrons. The average Bonchev–Trinajstić information content (AvgIpc) is 2.44. The van der Waals surface area contributed by atoms with Crippen molar-refractivity contribution in [3.05, 3.63) is 34.9 Å². The van der Waals surface area contributed by atoms with Crippen LogP contribution in [-0.4, -0.2) is 44.7 Å². The van der Waals surface area contributed by atoms with Crippen LogP contribution in [0.25, 0.3) is 0 Å². The summed E-state index contributed by atoms with van der Waals surface area (Å²) in [5.74, 6) is -1.51. The Kier molecular flexibility index (Phi) is 5.24. The van der Waals surface area contributed by atoms with Gasteiger partial charge in [0.05, 0.1) is 6.61 Å². The summed E-state index contributed by atoms with van der Waals surface area (Å²) in [6, 6.07) is 3.27. The van der Waals surface area contributed by atoms with Gasteiger partial charge >= 0.3 is 0 Å². The van der Waals surface area contributed by atoms with Crippen LogP contribution in [0.15, 0.2) is 12.1 Å². The van der Waals surface area contributed by atoms with Crippen molar-refractivity contribution in [3.63, 3.8) is 0 Å². The molecule has 1 aromatic carbocycles. The first-order valence-electron chi connectivity index (χ1n) is 6.60. The van der Waals surface area contributed by atoms with Crippen LogP contribution >= 0.6 is 0 Å². The molecular weight excluding hydrogens is 250 g/mol. The summed E-state index contributed by atoms with van der Waals surface area (Å²) in [6.45, 7) is 4.72. The van der Waals surface area contributed by atoms with Gasteiger partial charge < -0.3 is 15.0 Å². The Bertz CT molecular complexity index is 420.